The summed E-state index contributed by atoms with van der Waals surface area (Å²) in [4.78, 5) is 8.04. The topological polar surface area (TPSA) is 113 Å². The summed E-state index contributed by atoms with van der Waals surface area (Å²) in [7, 11) is -7.70. The minimum atomic E-state index is -5.05. The molecule has 51 heavy (non-hydrogen) atoms. The molecule has 2 aromatic heterocycles. The molecule has 262 valence electrons. The van der Waals surface area contributed by atoms with E-state index in [1.54, 1.807) is 16.8 Å². The number of hydrogen-bond donors (Lipinski definition) is 0. The largest absolute Gasteiger partial charge is 0.378 e. The van der Waals surface area contributed by atoms with Gasteiger partial charge in [-0.2, -0.15) is 17.6 Å². The summed E-state index contributed by atoms with van der Waals surface area (Å²) in [6.45, 7) is 0. The average molecular weight is 735 g/mol. The van der Waals surface area contributed by atoms with Crippen LogP contribution in [-0.4, -0.2) is 42.2 Å². The highest BCUT2D eigenvalue weighted by Crippen LogP contribution is 2.40. The number of benzene rings is 4. The molecule has 0 bridgehead atoms. The molecule has 4 heterocycles. The maximum Gasteiger partial charge on any atom is 0.378 e. The molecule has 6 aromatic rings. The van der Waals surface area contributed by atoms with Crippen molar-refractivity contribution in [3.8, 4) is 0 Å². The number of aryl methyl sites for hydroxylation is 2. The molecule has 8 rings (SSSR count). The molecule has 0 spiro atoms. The minimum Gasteiger partial charge on any atom is -0.244 e. The Morgan fingerprint density at radius 2 is 1.04 bits per heavy atom. The molecule has 4 aromatic carbocycles. The molecular weight excluding hydrogens is 705 g/mol. The number of fused-ring (bicyclic) bond motifs is 2. The van der Waals surface area contributed by atoms with Crippen molar-refractivity contribution in [3.63, 3.8) is 0 Å². The van der Waals surface area contributed by atoms with Gasteiger partial charge < -0.3 is 0 Å². The number of hydrogen-bond acceptors (Lipinski definition) is 7. The van der Waals surface area contributed by atoms with Gasteiger partial charge in [0.05, 0.1) is 12.1 Å². The SMILES string of the molecule is O=S(=O)(c1nc2n(n1)C(c1ccccc1)CC2)C(F)(F)c1ccccc1.O=S(c1nc2n(n1)C(c1ccccc1)CC2)C(F)(F)c1ccccc1. The van der Waals surface area contributed by atoms with Crippen molar-refractivity contribution in [1.29, 1.82) is 0 Å². The molecule has 0 saturated heterocycles. The summed E-state index contributed by atoms with van der Waals surface area (Å²) in [6.07, 6.45) is 2.62. The van der Waals surface area contributed by atoms with E-state index in [0.717, 1.165) is 29.7 Å². The van der Waals surface area contributed by atoms with E-state index in [2.05, 4.69) is 20.2 Å². The predicted molar refractivity (Wildman–Crippen MR) is 180 cm³/mol. The van der Waals surface area contributed by atoms with Crippen molar-refractivity contribution in [1.82, 2.24) is 29.5 Å². The Morgan fingerprint density at radius 3 is 1.55 bits per heavy atom. The molecule has 0 fully saturated rings. The third kappa shape index (κ3) is 6.40. The van der Waals surface area contributed by atoms with E-state index in [4.69, 9.17) is 0 Å². The molecule has 0 N–H and O–H groups in total. The predicted octanol–water partition coefficient (Wildman–Crippen LogP) is 7.01. The van der Waals surface area contributed by atoms with Crippen molar-refractivity contribution in [2.45, 2.75) is 58.6 Å². The zero-order chi connectivity index (χ0) is 35.8. The molecule has 3 unspecified atom stereocenters. The van der Waals surface area contributed by atoms with Crippen LogP contribution in [0.5, 0.6) is 0 Å². The maximum atomic E-state index is 14.6. The Bertz CT molecular complexity index is 2270. The van der Waals surface area contributed by atoms with Crippen molar-refractivity contribution in [3.05, 3.63) is 155 Å². The fourth-order valence-corrected chi connectivity index (χ4v) is 8.22. The van der Waals surface area contributed by atoms with E-state index in [0.29, 0.717) is 30.9 Å². The van der Waals surface area contributed by atoms with E-state index < -0.39 is 41.9 Å². The van der Waals surface area contributed by atoms with Gasteiger partial charge in [-0.3, -0.25) is 0 Å². The quantitative estimate of drug-likeness (QED) is 0.155. The van der Waals surface area contributed by atoms with Crippen LogP contribution in [0.3, 0.4) is 0 Å². The van der Waals surface area contributed by atoms with Gasteiger partial charge in [0.2, 0.25) is 5.16 Å². The van der Waals surface area contributed by atoms with Crippen LogP contribution in [0.2, 0.25) is 0 Å². The lowest BCUT2D eigenvalue weighted by molar-refractivity contribution is 0.0898. The molecule has 0 radical (unpaired) electrons. The van der Waals surface area contributed by atoms with E-state index in [1.807, 2.05) is 60.7 Å². The minimum absolute atomic E-state index is 0.0557. The summed E-state index contributed by atoms with van der Waals surface area (Å²) in [5.41, 5.74) is 1.07. The smallest absolute Gasteiger partial charge is 0.244 e. The van der Waals surface area contributed by atoms with E-state index in [-0.39, 0.29) is 22.8 Å². The van der Waals surface area contributed by atoms with Crippen molar-refractivity contribution in [2.75, 3.05) is 0 Å². The van der Waals surface area contributed by atoms with Gasteiger partial charge in [-0.1, -0.05) is 121 Å². The highest BCUT2D eigenvalue weighted by atomic mass is 32.2. The van der Waals surface area contributed by atoms with Gasteiger partial charge >= 0.3 is 10.5 Å². The van der Waals surface area contributed by atoms with Crippen LogP contribution in [-0.2, 0) is 44.0 Å². The standard InChI is InChI=1S/C18H15F2N3O2S.C18H15F2N3OS/c19-18(20,14-9-5-2-6-10-14)26(24,25)17-21-16-12-11-15(23(16)22-17)13-7-3-1-4-8-13;19-18(20,14-9-5-2-6-10-14)25(24)17-21-16-12-11-15(23(16)22-17)13-7-3-1-4-8-13/h1-10,15H,11-12H2;1-10,15H,11-12H2. The van der Waals surface area contributed by atoms with Crippen LogP contribution < -0.4 is 0 Å². The summed E-state index contributed by atoms with van der Waals surface area (Å²) in [5.74, 6) is 1.00. The fourth-order valence-electron chi connectivity index (χ4n) is 6.20. The second kappa shape index (κ2) is 13.6. The second-order valence-electron chi connectivity index (χ2n) is 12.0. The zero-order valence-electron chi connectivity index (χ0n) is 26.8. The summed E-state index contributed by atoms with van der Waals surface area (Å²) < 4.78 is 98.9. The maximum absolute atomic E-state index is 14.6. The molecule has 0 amide bonds. The monoisotopic (exact) mass is 734 g/mol. The Morgan fingerprint density at radius 1 is 0.608 bits per heavy atom. The van der Waals surface area contributed by atoms with Gasteiger partial charge in [0.1, 0.15) is 11.6 Å². The van der Waals surface area contributed by atoms with Crippen molar-refractivity contribution < 1.29 is 30.2 Å². The fraction of sp³-hybridized carbons (Fsp3) is 0.222. The lowest BCUT2D eigenvalue weighted by atomic mass is 10.1. The summed E-state index contributed by atoms with van der Waals surface area (Å²) in [5, 5.41) is -0.665. The number of sulfone groups is 1. The van der Waals surface area contributed by atoms with E-state index in [9.17, 15) is 30.2 Å². The van der Waals surface area contributed by atoms with E-state index >= 15 is 0 Å². The van der Waals surface area contributed by atoms with Gasteiger partial charge in [-0.15, -0.1) is 10.2 Å². The van der Waals surface area contributed by atoms with Crippen molar-refractivity contribution in [2.24, 2.45) is 0 Å². The third-order valence-electron chi connectivity index (χ3n) is 8.80. The first-order valence-electron chi connectivity index (χ1n) is 16.0. The molecule has 9 nitrogen and oxygen atoms in total. The first-order valence-corrected chi connectivity index (χ1v) is 18.7. The van der Waals surface area contributed by atoms with Gasteiger partial charge in [0.25, 0.3) is 15.0 Å². The molecule has 3 atom stereocenters. The summed E-state index contributed by atoms with van der Waals surface area (Å²) >= 11 is 0. The van der Waals surface area contributed by atoms with Gasteiger partial charge in [0, 0.05) is 24.0 Å². The molecule has 0 aliphatic carbocycles. The van der Waals surface area contributed by atoms with Gasteiger partial charge in [0.15, 0.2) is 10.8 Å². The number of halogens is 4. The average Bonchev–Trinajstić information content (AvgIpc) is 3.95. The van der Waals surface area contributed by atoms with Crippen LogP contribution in [0.15, 0.2) is 132 Å². The molecular formula is C36H30F4N6O3S2. The van der Waals surface area contributed by atoms with Crippen LogP contribution in [0.25, 0.3) is 0 Å². The highest BCUT2D eigenvalue weighted by molar-refractivity contribution is 7.91. The van der Waals surface area contributed by atoms with Crippen molar-refractivity contribution >= 4 is 20.6 Å². The van der Waals surface area contributed by atoms with E-state index in [1.165, 1.54) is 41.1 Å². The van der Waals surface area contributed by atoms with Crippen LogP contribution in [0.1, 0.15) is 58.8 Å². The van der Waals surface area contributed by atoms with Crippen LogP contribution in [0.4, 0.5) is 17.6 Å². The highest BCUT2D eigenvalue weighted by Gasteiger charge is 2.51. The first-order chi connectivity index (χ1) is 24.5. The molecule has 15 heteroatoms. The normalized spacial score (nSPS) is 17.6. The second-order valence-corrected chi connectivity index (χ2v) is 15.3. The Kier molecular flexibility index (Phi) is 9.18. The lowest BCUT2D eigenvalue weighted by Crippen LogP contribution is -2.27. The Hall–Kier alpha value is -5.02. The Labute approximate surface area is 293 Å². The molecule has 2 aliphatic rings. The van der Waals surface area contributed by atoms with Gasteiger partial charge in [-0.25, -0.2) is 32.0 Å². The number of rotatable bonds is 8. The summed E-state index contributed by atoms with van der Waals surface area (Å²) in [6, 6.07) is 32.4. The Balaban J connectivity index is 0.000000159. The van der Waals surface area contributed by atoms with Crippen LogP contribution in [0, 0.1) is 0 Å². The van der Waals surface area contributed by atoms with Gasteiger partial charge in [-0.05, 0) is 24.0 Å². The lowest BCUT2D eigenvalue weighted by Gasteiger charge is -2.15. The number of aromatic nitrogens is 6. The zero-order valence-corrected chi connectivity index (χ0v) is 28.4. The van der Waals surface area contributed by atoms with Crippen LogP contribution >= 0.6 is 0 Å². The molecule has 2 aliphatic heterocycles. The number of alkyl halides is 4. The first kappa shape index (κ1) is 34.4. The third-order valence-corrected chi connectivity index (χ3v) is 11.6. The molecule has 0 saturated carbocycles. The number of nitrogens with zero attached hydrogens (tertiary/aromatic N) is 6.